The van der Waals surface area contributed by atoms with Gasteiger partial charge in [-0.15, -0.1) is 0 Å². The molecule has 1 heterocycles. The summed E-state index contributed by atoms with van der Waals surface area (Å²) in [7, 11) is 2.10. The van der Waals surface area contributed by atoms with Crippen molar-refractivity contribution in [2.75, 3.05) is 13.6 Å². The SMILES string of the molecule is CCN(Cc1ccccn1)C1CCC(C)(C)C1NC. The van der Waals surface area contributed by atoms with Gasteiger partial charge in [0.05, 0.1) is 5.69 Å². The van der Waals surface area contributed by atoms with Gasteiger partial charge in [0, 0.05) is 24.8 Å². The highest BCUT2D eigenvalue weighted by Crippen LogP contribution is 2.39. The van der Waals surface area contributed by atoms with Crippen LogP contribution in [0.4, 0.5) is 0 Å². The molecule has 0 aromatic carbocycles. The van der Waals surface area contributed by atoms with Gasteiger partial charge in [0.2, 0.25) is 0 Å². The molecule has 0 spiro atoms. The lowest BCUT2D eigenvalue weighted by Crippen LogP contribution is -2.50. The maximum absolute atomic E-state index is 4.46. The minimum atomic E-state index is 0.386. The molecule has 0 aliphatic heterocycles. The number of nitrogens with one attached hydrogen (secondary N) is 1. The number of hydrogen-bond donors (Lipinski definition) is 1. The Morgan fingerprint density at radius 1 is 1.42 bits per heavy atom. The van der Waals surface area contributed by atoms with E-state index in [-0.39, 0.29) is 0 Å². The first-order valence-corrected chi connectivity index (χ1v) is 7.39. The first kappa shape index (κ1) is 14.5. The summed E-state index contributed by atoms with van der Waals surface area (Å²) in [6, 6.07) is 7.36. The molecule has 1 N–H and O–H groups in total. The van der Waals surface area contributed by atoms with E-state index in [2.05, 4.69) is 55.2 Å². The van der Waals surface area contributed by atoms with Crippen molar-refractivity contribution in [2.24, 2.45) is 5.41 Å². The van der Waals surface area contributed by atoms with Crippen LogP contribution in [-0.2, 0) is 6.54 Å². The maximum atomic E-state index is 4.46. The van der Waals surface area contributed by atoms with Gasteiger partial charge in [-0.3, -0.25) is 9.88 Å². The Morgan fingerprint density at radius 2 is 2.21 bits per heavy atom. The number of rotatable bonds is 5. The van der Waals surface area contributed by atoms with E-state index in [9.17, 15) is 0 Å². The van der Waals surface area contributed by atoms with Crippen molar-refractivity contribution < 1.29 is 0 Å². The second-order valence-electron chi connectivity index (χ2n) is 6.25. The van der Waals surface area contributed by atoms with Crippen LogP contribution in [0.3, 0.4) is 0 Å². The highest BCUT2D eigenvalue weighted by Gasteiger charge is 2.43. The van der Waals surface area contributed by atoms with Crippen LogP contribution in [0.15, 0.2) is 24.4 Å². The van der Waals surface area contributed by atoms with Gasteiger partial charge in [0.15, 0.2) is 0 Å². The molecular formula is C16H27N3. The van der Waals surface area contributed by atoms with E-state index in [4.69, 9.17) is 0 Å². The van der Waals surface area contributed by atoms with E-state index in [1.54, 1.807) is 0 Å². The van der Waals surface area contributed by atoms with Gasteiger partial charge in [-0.05, 0) is 44.0 Å². The van der Waals surface area contributed by atoms with Crippen LogP contribution >= 0.6 is 0 Å². The predicted octanol–water partition coefficient (Wildman–Crippen LogP) is 2.68. The Hall–Kier alpha value is -0.930. The molecule has 0 bridgehead atoms. The fourth-order valence-corrected chi connectivity index (χ4v) is 3.50. The number of hydrogen-bond acceptors (Lipinski definition) is 3. The van der Waals surface area contributed by atoms with Gasteiger partial charge in [-0.1, -0.05) is 26.8 Å². The zero-order valence-corrected chi connectivity index (χ0v) is 12.7. The van der Waals surface area contributed by atoms with Crippen molar-refractivity contribution in [1.29, 1.82) is 0 Å². The second-order valence-corrected chi connectivity index (χ2v) is 6.25. The number of likely N-dealkylation sites (N-methyl/N-ethyl adjacent to an activating group) is 2. The van der Waals surface area contributed by atoms with Crippen molar-refractivity contribution in [3.8, 4) is 0 Å². The standard InChI is InChI=1S/C16H27N3/c1-5-19(12-13-8-6-7-11-18-13)14-9-10-16(2,3)15(14)17-4/h6-8,11,14-15,17H,5,9-10,12H2,1-4H3. The molecule has 1 aromatic heterocycles. The van der Waals surface area contributed by atoms with Crippen LogP contribution in [0.2, 0.25) is 0 Å². The molecular weight excluding hydrogens is 234 g/mol. The minimum Gasteiger partial charge on any atom is -0.315 e. The van der Waals surface area contributed by atoms with E-state index < -0.39 is 0 Å². The zero-order valence-electron chi connectivity index (χ0n) is 12.7. The van der Waals surface area contributed by atoms with E-state index >= 15 is 0 Å². The summed E-state index contributed by atoms with van der Waals surface area (Å²) in [5.74, 6) is 0. The molecule has 1 saturated carbocycles. The van der Waals surface area contributed by atoms with Crippen LogP contribution in [0.25, 0.3) is 0 Å². The first-order valence-electron chi connectivity index (χ1n) is 7.39. The van der Waals surface area contributed by atoms with E-state index in [1.165, 1.54) is 18.5 Å². The Bertz CT molecular complexity index is 388. The van der Waals surface area contributed by atoms with Crippen LogP contribution < -0.4 is 5.32 Å². The number of aromatic nitrogens is 1. The number of pyridine rings is 1. The van der Waals surface area contributed by atoms with Gasteiger partial charge in [-0.2, -0.15) is 0 Å². The highest BCUT2D eigenvalue weighted by molar-refractivity contribution is 5.06. The van der Waals surface area contributed by atoms with Gasteiger partial charge in [0.1, 0.15) is 0 Å². The summed E-state index contributed by atoms with van der Waals surface area (Å²) in [5.41, 5.74) is 1.56. The van der Waals surface area contributed by atoms with Crippen LogP contribution in [0.5, 0.6) is 0 Å². The van der Waals surface area contributed by atoms with Crippen LogP contribution in [-0.4, -0.2) is 35.6 Å². The predicted molar refractivity (Wildman–Crippen MR) is 80.0 cm³/mol. The molecule has 2 atom stereocenters. The molecule has 3 heteroatoms. The van der Waals surface area contributed by atoms with E-state index in [0.29, 0.717) is 17.5 Å². The van der Waals surface area contributed by atoms with E-state index in [0.717, 1.165) is 13.1 Å². The normalized spacial score (nSPS) is 25.9. The number of nitrogens with zero attached hydrogens (tertiary/aromatic N) is 2. The molecule has 2 unspecified atom stereocenters. The summed E-state index contributed by atoms with van der Waals surface area (Å²) >= 11 is 0. The van der Waals surface area contributed by atoms with Crippen molar-refractivity contribution in [1.82, 2.24) is 15.2 Å². The molecule has 1 aliphatic carbocycles. The summed E-state index contributed by atoms with van der Waals surface area (Å²) in [6.07, 6.45) is 4.46. The van der Waals surface area contributed by atoms with E-state index in [1.807, 2.05) is 12.3 Å². The lowest BCUT2D eigenvalue weighted by Gasteiger charge is -2.36. The smallest absolute Gasteiger partial charge is 0.0544 e. The van der Waals surface area contributed by atoms with Crippen molar-refractivity contribution in [3.63, 3.8) is 0 Å². The molecule has 0 saturated heterocycles. The third kappa shape index (κ3) is 3.15. The molecule has 2 rings (SSSR count). The third-order valence-corrected chi connectivity index (χ3v) is 4.59. The fraction of sp³-hybridized carbons (Fsp3) is 0.688. The monoisotopic (exact) mass is 261 g/mol. The molecule has 106 valence electrons. The lowest BCUT2D eigenvalue weighted by molar-refractivity contribution is 0.146. The quantitative estimate of drug-likeness (QED) is 0.883. The lowest BCUT2D eigenvalue weighted by atomic mass is 9.86. The Kier molecular flexibility index (Phi) is 4.58. The van der Waals surface area contributed by atoms with Crippen molar-refractivity contribution in [3.05, 3.63) is 30.1 Å². The largest absolute Gasteiger partial charge is 0.315 e. The molecule has 19 heavy (non-hydrogen) atoms. The van der Waals surface area contributed by atoms with Crippen molar-refractivity contribution in [2.45, 2.75) is 52.2 Å². The Labute approximate surface area is 117 Å². The summed E-state index contributed by atoms with van der Waals surface area (Å²) in [4.78, 5) is 7.03. The molecule has 1 fully saturated rings. The molecule has 3 nitrogen and oxygen atoms in total. The molecule has 0 radical (unpaired) electrons. The molecule has 1 aliphatic rings. The van der Waals surface area contributed by atoms with Crippen LogP contribution in [0.1, 0.15) is 39.3 Å². The van der Waals surface area contributed by atoms with Crippen LogP contribution in [0, 0.1) is 5.41 Å². The summed E-state index contributed by atoms with van der Waals surface area (Å²) < 4.78 is 0. The van der Waals surface area contributed by atoms with Gasteiger partial charge < -0.3 is 5.32 Å². The average Bonchev–Trinajstić information content (AvgIpc) is 2.72. The molecule has 1 aromatic rings. The first-order chi connectivity index (χ1) is 9.08. The average molecular weight is 261 g/mol. The second kappa shape index (κ2) is 6.02. The maximum Gasteiger partial charge on any atom is 0.0544 e. The fourth-order valence-electron chi connectivity index (χ4n) is 3.50. The minimum absolute atomic E-state index is 0.386. The van der Waals surface area contributed by atoms with Gasteiger partial charge in [-0.25, -0.2) is 0 Å². The summed E-state index contributed by atoms with van der Waals surface area (Å²) in [6.45, 7) is 9.04. The topological polar surface area (TPSA) is 28.2 Å². The Morgan fingerprint density at radius 3 is 2.79 bits per heavy atom. The third-order valence-electron chi connectivity index (χ3n) is 4.59. The highest BCUT2D eigenvalue weighted by atomic mass is 15.2. The molecule has 0 amide bonds. The van der Waals surface area contributed by atoms with Crippen molar-refractivity contribution >= 4 is 0 Å². The summed E-state index contributed by atoms with van der Waals surface area (Å²) in [5, 5.41) is 3.54. The van der Waals surface area contributed by atoms with Gasteiger partial charge in [0.25, 0.3) is 0 Å². The Balaban J connectivity index is 2.10. The zero-order chi connectivity index (χ0) is 13.9. The van der Waals surface area contributed by atoms with Gasteiger partial charge >= 0.3 is 0 Å².